The Morgan fingerprint density at radius 1 is 1.19 bits per heavy atom. The van der Waals surface area contributed by atoms with Crippen molar-refractivity contribution in [3.05, 3.63) is 77.2 Å². The van der Waals surface area contributed by atoms with Gasteiger partial charge >= 0.3 is 6.03 Å². The fourth-order valence-electron chi connectivity index (χ4n) is 2.31. The van der Waals surface area contributed by atoms with Crippen molar-refractivity contribution in [2.75, 3.05) is 11.9 Å². The third kappa shape index (κ3) is 4.49. The van der Waals surface area contributed by atoms with E-state index < -0.39 is 6.03 Å². The van der Waals surface area contributed by atoms with Gasteiger partial charge in [-0.1, -0.05) is 35.9 Å². The number of nitrogens with zero attached hydrogens (tertiary/aromatic N) is 3. The number of rotatable bonds is 4. The third-order valence-corrected chi connectivity index (χ3v) is 3.62. The smallest absolute Gasteiger partial charge is 0.345 e. The van der Waals surface area contributed by atoms with E-state index in [1.807, 2.05) is 37.3 Å². The molecule has 1 N–H and O–H groups in total. The summed E-state index contributed by atoms with van der Waals surface area (Å²) in [6.07, 6.45) is 1.51. The predicted molar refractivity (Wildman–Crippen MR) is 101 cm³/mol. The summed E-state index contributed by atoms with van der Waals surface area (Å²) in [5.74, 6) is 0.496. The SMILES string of the molecule is CCOc1cc(=NC(=O)Nc2cccc(Cl)c2)cnn1-c1ccccc1. The highest BCUT2D eigenvalue weighted by molar-refractivity contribution is 6.30. The molecule has 2 aromatic carbocycles. The molecule has 0 aliphatic heterocycles. The van der Waals surface area contributed by atoms with Crippen LogP contribution in [0.2, 0.25) is 5.02 Å². The van der Waals surface area contributed by atoms with Crippen LogP contribution in [0.1, 0.15) is 6.92 Å². The van der Waals surface area contributed by atoms with E-state index in [4.69, 9.17) is 16.3 Å². The third-order valence-electron chi connectivity index (χ3n) is 3.39. The Balaban J connectivity index is 1.89. The predicted octanol–water partition coefficient (Wildman–Crippen LogP) is 4.06. The van der Waals surface area contributed by atoms with Crippen LogP contribution in [0, 0.1) is 0 Å². The second-order valence-corrected chi connectivity index (χ2v) is 5.72. The van der Waals surface area contributed by atoms with Gasteiger partial charge in [-0.3, -0.25) is 0 Å². The molecule has 132 valence electrons. The van der Waals surface area contributed by atoms with E-state index in [9.17, 15) is 4.79 Å². The van der Waals surface area contributed by atoms with Crippen molar-refractivity contribution in [1.82, 2.24) is 9.78 Å². The number of aromatic nitrogens is 2. The highest BCUT2D eigenvalue weighted by atomic mass is 35.5. The Kier molecular flexibility index (Phi) is 5.66. The minimum atomic E-state index is -0.519. The zero-order valence-corrected chi connectivity index (χ0v) is 14.8. The molecule has 26 heavy (non-hydrogen) atoms. The van der Waals surface area contributed by atoms with Crippen LogP contribution < -0.4 is 15.4 Å². The van der Waals surface area contributed by atoms with Crippen molar-refractivity contribution in [1.29, 1.82) is 0 Å². The monoisotopic (exact) mass is 368 g/mol. The molecule has 1 aromatic heterocycles. The van der Waals surface area contributed by atoms with Crippen molar-refractivity contribution in [3.8, 4) is 11.6 Å². The molecule has 1 heterocycles. The molecule has 0 saturated carbocycles. The lowest BCUT2D eigenvalue weighted by molar-refractivity contribution is 0.259. The molecule has 0 bridgehead atoms. The lowest BCUT2D eigenvalue weighted by atomic mass is 10.3. The molecule has 7 heteroatoms. The van der Waals surface area contributed by atoms with Crippen LogP contribution >= 0.6 is 11.6 Å². The minimum Gasteiger partial charge on any atom is -0.478 e. The average molecular weight is 369 g/mol. The fraction of sp³-hybridized carbons (Fsp3) is 0.105. The van der Waals surface area contributed by atoms with Gasteiger partial charge in [0.1, 0.15) is 0 Å². The number of benzene rings is 2. The molecule has 0 unspecified atom stereocenters. The summed E-state index contributed by atoms with van der Waals surface area (Å²) in [5.41, 5.74) is 1.42. The maximum absolute atomic E-state index is 12.1. The van der Waals surface area contributed by atoms with Gasteiger partial charge < -0.3 is 10.1 Å². The second kappa shape index (κ2) is 8.31. The number of hydrogen-bond donors (Lipinski definition) is 1. The first-order valence-electron chi connectivity index (χ1n) is 8.04. The summed E-state index contributed by atoms with van der Waals surface area (Å²) < 4.78 is 7.29. The molecule has 0 fully saturated rings. The van der Waals surface area contributed by atoms with Gasteiger partial charge in [-0.15, -0.1) is 0 Å². The largest absolute Gasteiger partial charge is 0.478 e. The molecular formula is C19H17ClN4O2. The van der Waals surface area contributed by atoms with E-state index in [-0.39, 0.29) is 0 Å². The Bertz CT molecular complexity index is 971. The van der Waals surface area contributed by atoms with E-state index in [0.717, 1.165) is 5.69 Å². The van der Waals surface area contributed by atoms with Gasteiger partial charge in [-0.2, -0.15) is 10.1 Å². The van der Waals surface area contributed by atoms with Gasteiger partial charge in [0.05, 0.1) is 23.8 Å². The number of hydrogen-bond acceptors (Lipinski definition) is 3. The first kappa shape index (κ1) is 17.7. The zero-order valence-electron chi connectivity index (χ0n) is 14.1. The van der Waals surface area contributed by atoms with E-state index in [0.29, 0.717) is 28.6 Å². The number of para-hydroxylation sites is 1. The van der Waals surface area contributed by atoms with Gasteiger partial charge in [0.15, 0.2) is 0 Å². The molecule has 0 aliphatic carbocycles. The van der Waals surface area contributed by atoms with E-state index in [1.54, 1.807) is 35.0 Å². The first-order chi connectivity index (χ1) is 12.7. The minimum absolute atomic E-state index is 0.389. The van der Waals surface area contributed by atoms with Crippen molar-refractivity contribution >= 4 is 23.3 Å². The number of anilines is 1. The molecular weight excluding hydrogens is 352 g/mol. The Labute approximate surface area is 155 Å². The number of ether oxygens (including phenoxy) is 1. The van der Waals surface area contributed by atoms with Crippen molar-refractivity contribution in [3.63, 3.8) is 0 Å². The first-order valence-corrected chi connectivity index (χ1v) is 8.42. The average Bonchev–Trinajstić information content (AvgIpc) is 2.63. The summed E-state index contributed by atoms with van der Waals surface area (Å²) in [6, 6.07) is 17.6. The number of nitrogens with one attached hydrogen (secondary N) is 1. The second-order valence-electron chi connectivity index (χ2n) is 5.28. The number of amides is 2. The van der Waals surface area contributed by atoms with E-state index in [1.165, 1.54) is 6.20 Å². The van der Waals surface area contributed by atoms with Gasteiger partial charge in [0.2, 0.25) is 5.88 Å². The Hall–Kier alpha value is -3.12. The van der Waals surface area contributed by atoms with Crippen LogP contribution in [0.5, 0.6) is 5.88 Å². The summed E-state index contributed by atoms with van der Waals surface area (Å²) in [4.78, 5) is 16.1. The molecule has 0 spiro atoms. The standard InChI is InChI=1S/C19H17ClN4O2/c1-2-26-18-12-16(13-21-24(18)17-9-4-3-5-10-17)23-19(25)22-15-8-6-7-14(20)11-15/h3-13H,2H2,1H3,(H,22,25). The Morgan fingerprint density at radius 2 is 2.00 bits per heavy atom. The molecule has 6 nitrogen and oxygen atoms in total. The number of carbonyl (C=O) groups excluding carboxylic acids is 1. The van der Waals surface area contributed by atoms with Crippen LogP contribution in [0.25, 0.3) is 5.69 Å². The lowest BCUT2D eigenvalue weighted by Gasteiger charge is -2.11. The van der Waals surface area contributed by atoms with Crippen LogP contribution in [0.3, 0.4) is 0 Å². The zero-order chi connectivity index (χ0) is 18.4. The maximum Gasteiger partial charge on any atom is 0.345 e. The fourth-order valence-corrected chi connectivity index (χ4v) is 2.50. The van der Waals surface area contributed by atoms with Gasteiger partial charge in [0.25, 0.3) is 0 Å². The lowest BCUT2D eigenvalue weighted by Crippen LogP contribution is -2.17. The van der Waals surface area contributed by atoms with Crippen LogP contribution in [-0.2, 0) is 0 Å². The van der Waals surface area contributed by atoms with Crippen LogP contribution in [-0.4, -0.2) is 22.4 Å². The number of halogens is 1. The number of carbonyl (C=O) groups is 1. The quantitative estimate of drug-likeness (QED) is 0.755. The van der Waals surface area contributed by atoms with Gasteiger partial charge in [0, 0.05) is 16.8 Å². The van der Waals surface area contributed by atoms with Crippen LogP contribution in [0.4, 0.5) is 10.5 Å². The molecule has 0 atom stereocenters. The molecule has 3 aromatic rings. The van der Waals surface area contributed by atoms with Gasteiger partial charge in [-0.25, -0.2) is 9.48 Å². The highest BCUT2D eigenvalue weighted by Gasteiger charge is 2.06. The summed E-state index contributed by atoms with van der Waals surface area (Å²) >= 11 is 5.91. The van der Waals surface area contributed by atoms with Crippen molar-refractivity contribution < 1.29 is 9.53 Å². The summed E-state index contributed by atoms with van der Waals surface area (Å²) in [5, 5.41) is 7.93. The van der Waals surface area contributed by atoms with Gasteiger partial charge in [-0.05, 0) is 37.3 Å². The highest BCUT2D eigenvalue weighted by Crippen LogP contribution is 2.15. The molecule has 3 rings (SSSR count). The van der Waals surface area contributed by atoms with Crippen LogP contribution in [0.15, 0.2) is 71.9 Å². The Morgan fingerprint density at radius 3 is 2.73 bits per heavy atom. The van der Waals surface area contributed by atoms with Crippen molar-refractivity contribution in [2.45, 2.75) is 6.92 Å². The molecule has 0 aliphatic rings. The number of urea groups is 1. The molecule has 0 radical (unpaired) electrons. The van der Waals surface area contributed by atoms with E-state index >= 15 is 0 Å². The summed E-state index contributed by atoms with van der Waals surface area (Å²) in [6.45, 7) is 2.34. The molecule has 2 amide bonds. The molecule has 0 saturated heterocycles. The topological polar surface area (TPSA) is 68.5 Å². The summed E-state index contributed by atoms with van der Waals surface area (Å²) in [7, 11) is 0. The van der Waals surface area contributed by atoms with Crippen molar-refractivity contribution in [2.24, 2.45) is 4.99 Å². The normalized spacial score (nSPS) is 11.2. The van der Waals surface area contributed by atoms with E-state index in [2.05, 4.69) is 15.4 Å². The maximum atomic E-state index is 12.1.